The largest absolute Gasteiger partial charge is 0.444 e. The number of aryl methyl sites for hydroxylation is 2. The van der Waals surface area contributed by atoms with Crippen molar-refractivity contribution in [2.75, 3.05) is 11.9 Å². The van der Waals surface area contributed by atoms with E-state index in [2.05, 4.69) is 16.0 Å². The average Bonchev–Trinajstić information content (AvgIpc) is 2.70. The summed E-state index contributed by atoms with van der Waals surface area (Å²) in [4.78, 5) is 36.1. The van der Waals surface area contributed by atoms with Gasteiger partial charge in [0.05, 0.1) is 0 Å². The van der Waals surface area contributed by atoms with Crippen LogP contribution in [0.15, 0.2) is 48.5 Å². The Morgan fingerprint density at radius 1 is 0.903 bits per heavy atom. The molecule has 31 heavy (non-hydrogen) atoms. The fourth-order valence-electron chi connectivity index (χ4n) is 2.75. The van der Waals surface area contributed by atoms with Gasteiger partial charge in [0, 0.05) is 18.7 Å². The zero-order chi connectivity index (χ0) is 22.9. The maximum Gasteiger partial charge on any atom is 0.408 e. The zero-order valence-electron chi connectivity index (χ0n) is 18.6. The van der Waals surface area contributed by atoms with E-state index in [9.17, 15) is 14.4 Å². The minimum Gasteiger partial charge on any atom is -0.444 e. The van der Waals surface area contributed by atoms with Crippen molar-refractivity contribution in [1.29, 1.82) is 0 Å². The van der Waals surface area contributed by atoms with Crippen LogP contribution < -0.4 is 16.0 Å². The lowest BCUT2D eigenvalue weighted by atomic mass is 10.1. The van der Waals surface area contributed by atoms with Crippen LogP contribution in [0.5, 0.6) is 0 Å². The summed E-state index contributed by atoms with van der Waals surface area (Å²) in [7, 11) is 0. The summed E-state index contributed by atoms with van der Waals surface area (Å²) >= 11 is 0. The molecule has 2 aromatic carbocycles. The Morgan fingerprint density at radius 3 is 2.26 bits per heavy atom. The van der Waals surface area contributed by atoms with Crippen molar-refractivity contribution in [2.24, 2.45) is 0 Å². The Morgan fingerprint density at radius 2 is 1.58 bits per heavy atom. The second-order valence-corrected chi connectivity index (χ2v) is 8.32. The standard InChI is InChI=1S/C24H31N3O4/c1-17-9-11-18(12-10-17)13-14-21(28)25-15-19-7-5-6-8-20(19)27-22(29)16-26-23(30)31-24(2,3)4/h5-12H,13-16H2,1-4H3,(H,25,28)(H,26,30)(H,27,29). The molecule has 166 valence electrons. The summed E-state index contributed by atoms with van der Waals surface area (Å²) in [6.07, 6.45) is 0.398. The molecule has 0 bridgehead atoms. The van der Waals surface area contributed by atoms with E-state index in [0.717, 1.165) is 11.1 Å². The summed E-state index contributed by atoms with van der Waals surface area (Å²) in [6, 6.07) is 15.3. The van der Waals surface area contributed by atoms with Gasteiger partial charge in [0.2, 0.25) is 11.8 Å². The molecule has 0 unspecified atom stereocenters. The third-order valence-corrected chi connectivity index (χ3v) is 4.32. The molecule has 0 saturated heterocycles. The quantitative estimate of drug-likeness (QED) is 0.601. The van der Waals surface area contributed by atoms with Gasteiger partial charge in [-0.2, -0.15) is 0 Å². The summed E-state index contributed by atoms with van der Waals surface area (Å²) in [6.45, 7) is 7.35. The molecule has 7 nitrogen and oxygen atoms in total. The monoisotopic (exact) mass is 425 g/mol. The van der Waals surface area contributed by atoms with Crippen LogP contribution in [0.2, 0.25) is 0 Å². The highest BCUT2D eigenvalue weighted by atomic mass is 16.6. The summed E-state index contributed by atoms with van der Waals surface area (Å²) in [5.74, 6) is -0.447. The number of hydrogen-bond donors (Lipinski definition) is 3. The van der Waals surface area contributed by atoms with Crippen molar-refractivity contribution in [2.45, 2.75) is 52.7 Å². The molecule has 0 radical (unpaired) electrons. The Kier molecular flexibility index (Phi) is 8.61. The second-order valence-electron chi connectivity index (χ2n) is 8.32. The van der Waals surface area contributed by atoms with Gasteiger partial charge in [0.25, 0.3) is 0 Å². The van der Waals surface area contributed by atoms with Crippen LogP contribution >= 0.6 is 0 Å². The summed E-state index contributed by atoms with van der Waals surface area (Å²) in [5, 5.41) is 8.07. The Balaban J connectivity index is 1.81. The van der Waals surface area contributed by atoms with E-state index < -0.39 is 11.7 Å². The first-order valence-electron chi connectivity index (χ1n) is 10.3. The number of amides is 3. The maximum absolute atomic E-state index is 12.2. The van der Waals surface area contributed by atoms with E-state index >= 15 is 0 Å². The Labute approximate surface area is 183 Å². The van der Waals surface area contributed by atoms with E-state index in [-0.39, 0.29) is 18.4 Å². The van der Waals surface area contributed by atoms with Gasteiger partial charge < -0.3 is 20.7 Å². The minimum atomic E-state index is -0.656. The Hall–Kier alpha value is -3.35. The first-order chi connectivity index (χ1) is 14.6. The molecule has 0 heterocycles. The lowest BCUT2D eigenvalue weighted by Gasteiger charge is -2.19. The number of alkyl carbamates (subject to hydrolysis) is 1. The predicted octanol–water partition coefficient (Wildman–Crippen LogP) is 3.71. The van der Waals surface area contributed by atoms with Crippen LogP contribution in [-0.4, -0.2) is 30.1 Å². The van der Waals surface area contributed by atoms with Crippen LogP contribution in [0, 0.1) is 6.92 Å². The molecule has 2 rings (SSSR count). The first-order valence-corrected chi connectivity index (χ1v) is 10.3. The van der Waals surface area contributed by atoms with E-state index in [1.807, 2.05) is 43.3 Å². The Bertz CT molecular complexity index is 902. The fraction of sp³-hybridized carbons (Fsp3) is 0.375. The summed E-state index contributed by atoms with van der Waals surface area (Å²) in [5.41, 5.74) is 3.03. The number of carbonyl (C=O) groups is 3. The number of nitrogens with one attached hydrogen (secondary N) is 3. The van der Waals surface area contributed by atoms with Crippen LogP contribution in [0.25, 0.3) is 0 Å². The molecule has 0 aromatic heterocycles. The van der Waals surface area contributed by atoms with Crippen LogP contribution in [0.4, 0.5) is 10.5 Å². The molecule has 3 amide bonds. The highest BCUT2D eigenvalue weighted by molar-refractivity contribution is 5.94. The topological polar surface area (TPSA) is 96.5 Å². The fourth-order valence-corrected chi connectivity index (χ4v) is 2.75. The predicted molar refractivity (Wildman–Crippen MR) is 121 cm³/mol. The molecule has 0 atom stereocenters. The SMILES string of the molecule is Cc1ccc(CCC(=O)NCc2ccccc2NC(=O)CNC(=O)OC(C)(C)C)cc1. The van der Waals surface area contributed by atoms with Crippen molar-refractivity contribution in [3.63, 3.8) is 0 Å². The molecule has 2 aromatic rings. The van der Waals surface area contributed by atoms with E-state index in [4.69, 9.17) is 4.74 Å². The van der Waals surface area contributed by atoms with Gasteiger partial charge in [0.1, 0.15) is 12.1 Å². The van der Waals surface area contributed by atoms with Crippen LogP contribution in [0.1, 0.15) is 43.9 Å². The summed E-state index contributed by atoms with van der Waals surface area (Å²) < 4.78 is 5.11. The van der Waals surface area contributed by atoms with Crippen LogP contribution in [0.3, 0.4) is 0 Å². The number of ether oxygens (including phenoxy) is 1. The molecule has 3 N–H and O–H groups in total. The van der Waals surface area contributed by atoms with E-state index in [1.54, 1.807) is 32.9 Å². The van der Waals surface area contributed by atoms with E-state index in [0.29, 0.717) is 25.1 Å². The normalized spacial score (nSPS) is 10.8. The number of carbonyl (C=O) groups excluding carboxylic acids is 3. The molecular formula is C24H31N3O4. The van der Waals surface area contributed by atoms with Gasteiger partial charge in [-0.05, 0) is 51.3 Å². The van der Waals surface area contributed by atoms with Gasteiger partial charge >= 0.3 is 6.09 Å². The lowest BCUT2D eigenvalue weighted by Crippen LogP contribution is -2.37. The highest BCUT2D eigenvalue weighted by Gasteiger charge is 2.17. The van der Waals surface area contributed by atoms with Gasteiger partial charge in [-0.1, -0.05) is 48.0 Å². The molecule has 0 spiro atoms. The third kappa shape index (κ3) is 9.33. The van der Waals surface area contributed by atoms with Crippen molar-refractivity contribution in [3.8, 4) is 0 Å². The maximum atomic E-state index is 12.2. The number of anilines is 1. The van der Waals surface area contributed by atoms with Crippen molar-refractivity contribution >= 4 is 23.6 Å². The van der Waals surface area contributed by atoms with E-state index in [1.165, 1.54) is 5.56 Å². The lowest BCUT2D eigenvalue weighted by molar-refractivity contribution is -0.121. The molecule has 0 fully saturated rings. The van der Waals surface area contributed by atoms with Crippen molar-refractivity contribution in [1.82, 2.24) is 10.6 Å². The number of benzene rings is 2. The van der Waals surface area contributed by atoms with Crippen molar-refractivity contribution in [3.05, 3.63) is 65.2 Å². The molecular weight excluding hydrogens is 394 g/mol. The van der Waals surface area contributed by atoms with Crippen LogP contribution in [-0.2, 0) is 27.3 Å². The number of hydrogen-bond acceptors (Lipinski definition) is 4. The molecule has 0 saturated carbocycles. The second kappa shape index (κ2) is 11.2. The van der Waals surface area contributed by atoms with Gasteiger partial charge in [0.15, 0.2) is 0 Å². The highest BCUT2D eigenvalue weighted by Crippen LogP contribution is 2.15. The molecule has 0 aliphatic rings. The molecule has 7 heteroatoms. The van der Waals surface area contributed by atoms with Gasteiger partial charge in [-0.25, -0.2) is 4.79 Å². The third-order valence-electron chi connectivity index (χ3n) is 4.32. The first kappa shape index (κ1) is 23.9. The number of rotatable bonds is 8. The number of para-hydroxylation sites is 1. The van der Waals surface area contributed by atoms with Gasteiger partial charge in [-0.3, -0.25) is 9.59 Å². The smallest absolute Gasteiger partial charge is 0.408 e. The minimum absolute atomic E-state index is 0.0618. The van der Waals surface area contributed by atoms with Crippen molar-refractivity contribution < 1.29 is 19.1 Å². The average molecular weight is 426 g/mol. The van der Waals surface area contributed by atoms with Gasteiger partial charge in [-0.15, -0.1) is 0 Å². The molecule has 0 aliphatic carbocycles. The molecule has 0 aliphatic heterocycles. The zero-order valence-corrected chi connectivity index (χ0v) is 18.6.